The molecule has 82 valence electrons. The highest BCUT2D eigenvalue weighted by atomic mass is 35.6. The van der Waals surface area contributed by atoms with Crippen molar-refractivity contribution in [2.75, 3.05) is 0 Å². The van der Waals surface area contributed by atoms with Gasteiger partial charge in [0.25, 0.3) is 3.79 Å². The van der Waals surface area contributed by atoms with Crippen LogP contribution in [0.4, 0.5) is 0 Å². The fourth-order valence-electron chi connectivity index (χ4n) is 0.585. The van der Waals surface area contributed by atoms with E-state index >= 15 is 0 Å². The maximum atomic E-state index is 7.21. The molecule has 0 amide bonds. The quantitative estimate of drug-likeness (QED) is 0.341. The molecule has 0 rings (SSSR count). The smallest absolute Gasteiger partial charge is 0.266 e. The van der Waals surface area contributed by atoms with Crippen molar-refractivity contribution in [3.05, 3.63) is 12.3 Å². The van der Waals surface area contributed by atoms with Crippen LogP contribution in [0.2, 0.25) is 0 Å². The van der Waals surface area contributed by atoms with E-state index in [1.807, 2.05) is 0 Å². The number of alkyl halides is 3. The number of nitrogens with one attached hydrogen (secondary N) is 1. The van der Waals surface area contributed by atoms with Gasteiger partial charge >= 0.3 is 0 Å². The second-order valence-electron chi connectivity index (χ2n) is 4.08. The predicted molar refractivity (Wildman–Crippen MR) is 62.3 cm³/mol. The molecule has 0 bridgehead atoms. The normalized spacial score (nSPS) is 13.3. The van der Waals surface area contributed by atoms with Crippen LogP contribution in [0, 0.1) is 10.8 Å². The Bertz CT molecular complexity index is 225. The second-order valence-corrected chi connectivity index (χ2v) is 6.36. The molecule has 0 unspecified atom stereocenters. The largest absolute Gasteiger partial charge is 0.447 e. The average molecular weight is 259 g/mol. The van der Waals surface area contributed by atoms with Crippen LogP contribution in [0.1, 0.15) is 27.2 Å². The lowest BCUT2D eigenvalue weighted by Crippen LogP contribution is -2.18. The Labute approximate surface area is 99.7 Å². The van der Waals surface area contributed by atoms with Crippen LogP contribution in [0.5, 0.6) is 0 Å². The molecule has 1 N–H and O–H groups in total. The molecular weight excluding hydrogens is 244 g/mol. The molecule has 0 aliphatic heterocycles. The summed E-state index contributed by atoms with van der Waals surface area (Å²) in [6.07, 6.45) is 4.00. The fraction of sp³-hybridized carbons (Fsp3) is 0.667. The summed E-state index contributed by atoms with van der Waals surface area (Å²) >= 11 is 16.2. The standard InChI is InChI=1S/C9H14Cl3NO/c1-8(2,3)5-4-6-14-7(13)9(10,11)12/h4,6,13H,5H2,1-3H3/b6-4+,13-7?. The monoisotopic (exact) mass is 257 g/mol. The van der Waals surface area contributed by atoms with Crippen LogP contribution in [0.25, 0.3) is 0 Å². The van der Waals surface area contributed by atoms with Gasteiger partial charge < -0.3 is 4.74 Å². The molecule has 0 aliphatic rings. The molecule has 0 aromatic carbocycles. The third-order valence-corrected chi connectivity index (χ3v) is 1.78. The first-order valence-corrected chi connectivity index (χ1v) is 5.24. The number of hydrogen-bond acceptors (Lipinski definition) is 2. The summed E-state index contributed by atoms with van der Waals surface area (Å²) in [6.45, 7) is 6.28. The van der Waals surface area contributed by atoms with E-state index in [1.165, 1.54) is 6.26 Å². The average Bonchev–Trinajstić information content (AvgIpc) is 1.93. The minimum atomic E-state index is -1.79. The Morgan fingerprint density at radius 2 is 1.79 bits per heavy atom. The van der Waals surface area contributed by atoms with Crippen molar-refractivity contribution in [3.8, 4) is 0 Å². The van der Waals surface area contributed by atoms with Gasteiger partial charge in [-0.25, -0.2) is 0 Å². The van der Waals surface area contributed by atoms with Gasteiger partial charge in [0.2, 0.25) is 5.90 Å². The van der Waals surface area contributed by atoms with E-state index in [0.29, 0.717) is 0 Å². The van der Waals surface area contributed by atoms with Gasteiger partial charge in [-0.15, -0.1) is 0 Å². The first-order valence-electron chi connectivity index (χ1n) is 4.10. The molecule has 0 saturated carbocycles. The second kappa shape index (κ2) is 5.24. The molecule has 0 radical (unpaired) electrons. The van der Waals surface area contributed by atoms with E-state index in [4.69, 9.17) is 44.9 Å². The summed E-state index contributed by atoms with van der Waals surface area (Å²) in [5.41, 5.74) is 0.183. The zero-order chi connectivity index (χ0) is 11.4. The summed E-state index contributed by atoms with van der Waals surface area (Å²) in [5, 5.41) is 7.21. The zero-order valence-corrected chi connectivity index (χ0v) is 10.7. The summed E-state index contributed by atoms with van der Waals surface area (Å²) in [5.74, 6) is -0.396. The number of rotatable bonds is 2. The van der Waals surface area contributed by atoms with Gasteiger partial charge in [0.05, 0.1) is 6.26 Å². The highest BCUT2D eigenvalue weighted by molar-refractivity contribution is 6.76. The van der Waals surface area contributed by atoms with Gasteiger partial charge in [0.1, 0.15) is 0 Å². The molecule has 0 aromatic heterocycles. The van der Waals surface area contributed by atoms with Crippen molar-refractivity contribution in [2.24, 2.45) is 5.41 Å². The highest BCUT2D eigenvalue weighted by Gasteiger charge is 2.28. The summed E-state index contributed by atoms with van der Waals surface area (Å²) in [6, 6.07) is 0. The van der Waals surface area contributed by atoms with Gasteiger partial charge in [-0.1, -0.05) is 55.6 Å². The molecule has 0 atom stereocenters. The lowest BCUT2D eigenvalue weighted by atomic mass is 9.93. The van der Waals surface area contributed by atoms with Gasteiger partial charge in [-0.2, -0.15) is 0 Å². The minimum Gasteiger partial charge on any atom is -0.447 e. The molecule has 0 spiro atoms. The van der Waals surface area contributed by atoms with Crippen molar-refractivity contribution in [2.45, 2.75) is 31.0 Å². The third-order valence-electron chi connectivity index (χ3n) is 1.27. The van der Waals surface area contributed by atoms with Crippen molar-refractivity contribution >= 4 is 40.7 Å². The number of allylic oxidation sites excluding steroid dienone is 1. The molecule has 5 heteroatoms. The molecule has 0 heterocycles. The third kappa shape index (κ3) is 7.48. The Hall–Kier alpha value is 0.0800. The predicted octanol–water partition coefficient (Wildman–Crippen LogP) is 4.30. The Kier molecular flexibility index (Phi) is 5.27. The summed E-state index contributed by atoms with van der Waals surface area (Å²) in [7, 11) is 0. The van der Waals surface area contributed by atoms with Crippen LogP contribution in [0.3, 0.4) is 0 Å². The number of halogens is 3. The molecule has 14 heavy (non-hydrogen) atoms. The molecule has 0 aliphatic carbocycles. The van der Waals surface area contributed by atoms with E-state index in [9.17, 15) is 0 Å². The molecule has 0 saturated heterocycles. The fourth-order valence-corrected chi connectivity index (χ4v) is 0.718. The molecule has 2 nitrogen and oxygen atoms in total. The van der Waals surface area contributed by atoms with Crippen molar-refractivity contribution < 1.29 is 4.74 Å². The van der Waals surface area contributed by atoms with Crippen molar-refractivity contribution in [1.29, 1.82) is 5.41 Å². The van der Waals surface area contributed by atoms with Crippen molar-refractivity contribution in [3.63, 3.8) is 0 Å². The van der Waals surface area contributed by atoms with Crippen molar-refractivity contribution in [1.82, 2.24) is 0 Å². The molecule has 0 fully saturated rings. The molecular formula is C9H14Cl3NO. The summed E-state index contributed by atoms with van der Waals surface area (Å²) in [4.78, 5) is 0. The Balaban J connectivity index is 3.91. The van der Waals surface area contributed by atoms with E-state index in [1.54, 1.807) is 6.08 Å². The SMILES string of the molecule is CC(C)(C)C/C=C/OC(=N)C(Cl)(Cl)Cl. The Morgan fingerprint density at radius 1 is 1.29 bits per heavy atom. The van der Waals surface area contributed by atoms with Crippen LogP contribution < -0.4 is 0 Å². The number of ether oxygens (including phenoxy) is 1. The van der Waals surface area contributed by atoms with E-state index in [2.05, 4.69) is 20.8 Å². The maximum absolute atomic E-state index is 7.21. The van der Waals surface area contributed by atoms with Crippen LogP contribution >= 0.6 is 34.8 Å². The lowest BCUT2D eigenvalue weighted by Gasteiger charge is -2.15. The number of hydrogen-bond donors (Lipinski definition) is 1. The van der Waals surface area contributed by atoms with Crippen LogP contribution in [0.15, 0.2) is 12.3 Å². The van der Waals surface area contributed by atoms with E-state index in [0.717, 1.165) is 6.42 Å². The van der Waals surface area contributed by atoms with Crippen LogP contribution in [-0.2, 0) is 4.74 Å². The summed E-state index contributed by atoms with van der Waals surface area (Å²) < 4.78 is 3.02. The van der Waals surface area contributed by atoms with E-state index in [-0.39, 0.29) is 5.41 Å². The lowest BCUT2D eigenvalue weighted by molar-refractivity contribution is 0.406. The van der Waals surface area contributed by atoms with Crippen LogP contribution in [-0.4, -0.2) is 9.69 Å². The van der Waals surface area contributed by atoms with Gasteiger partial charge in [-0.3, -0.25) is 5.41 Å². The van der Waals surface area contributed by atoms with E-state index < -0.39 is 9.69 Å². The highest BCUT2D eigenvalue weighted by Crippen LogP contribution is 2.27. The first-order chi connectivity index (χ1) is 6.13. The van der Waals surface area contributed by atoms with Gasteiger partial charge in [-0.05, 0) is 17.9 Å². The zero-order valence-electron chi connectivity index (χ0n) is 8.40. The van der Waals surface area contributed by atoms with Gasteiger partial charge in [0, 0.05) is 0 Å². The molecule has 0 aromatic rings. The maximum Gasteiger partial charge on any atom is 0.266 e. The topological polar surface area (TPSA) is 33.1 Å². The first kappa shape index (κ1) is 14.1. The minimum absolute atomic E-state index is 0.183. The Morgan fingerprint density at radius 3 is 2.14 bits per heavy atom. The van der Waals surface area contributed by atoms with Gasteiger partial charge in [0.15, 0.2) is 0 Å².